The Hall–Kier alpha value is -1.78. The summed E-state index contributed by atoms with van der Waals surface area (Å²) in [4.78, 5) is 1.18. The van der Waals surface area contributed by atoms with Crippen LogP contribution in [0.1, 0.15) is 6.42 Å². The SMILES string of the molecule is C=C/C(F)=C\C=C1/CC=C(CNSc2ccccc2)N1. The van der Waals surface area contributed by atoms with E-state index in [0.717, 1.165) is 24.4 Å². The fourth-order valence-electron chi connectivity index (χ4n) is 1.70. The fourth-order valence-corrected chi connectivity index (χ4v) is 2.39. The van der Waals surface area contributed by atoms with Crippen LogP contribution in [0.3, 0.4) is 0 Å². The molecule has 0 bridgehead atoms. The van der Waals surface area contributed by atoms with Gasteiger partial charge in [-0.15, -0.1) is 0 Å². The van der Waals surface area contributed by atoms with Gasteiger partial charge in [-0.1, -0.05) is 30.9 Å². The van der Waals surface area contributed by atoms with Gasteiger partial charge in [0.1, 0.15) is 5.83 Å². The topological polar surface area (TPSA) is 24.1 Å². The molecule has 104 valence electrons. The van der Waals surface area contributed by atoms with Crippen molar-refractivity contribution < 1.29 is 4.39 Å². The summed E-state index contributed by atoms with van der Waals surface area (Å²) in [6, 6.07) is 10.1. The van der Waals surface area contributed by atoms with Gasteiger partial charge < -0.3 is 5.32 Å². The van der Waals surface area contributed by atoms with Gasteiger partial charge >= 0.3 is 0 Å². The van der Waals surface area contributed by atoms with Gasteiger partial charge in [-0.25, -0.2) is 4.39 Å². The molecule has 1 aliphatic rings. The second kappa shape index (κ2) is 7.72. The summed E-state index contributed by atoms with van der Waals surface area (Å²) in [6.07, 6.45) is 7.25. The second-order valence-corrected chi connectivity index (χ2v) is 5.21. The molecule has 0 radical (unpaired) electrons. The monoisotopic (exact) mass is 288 g/mol. The van der Waals surface area contributed by atoms with Gasteiger partial charge in [0.05, 0.1) is 0 Å². The zero-order valence-corrected chi connectivity index (χ0v) is 11.9. The van der Waals surface area contributed by atoms with E-state index in [4.69, 9.17) is 0 Å². The summed E-state index contributed by atoms with van der Waals surface area (Å²) >= 11 is 1.59. The predicted octanol–water partition coefficient (Wildman–Crippen LogP) is 4.08. The zero-order valence-electron chi connectivity index (χ0n) is 11.1. The van der Waals surface area contributed by atoms with Crippen molar-refractivity contribution in [2.24, 2.45) is 0 Å². The lowest BCUT2D eigenvalue weighted by Crippen LogP contribution is -2.16. The van der Waals surface area contributed by atoms with Crippen molar-refractivity contribution in [1.29, 1.82) is 0 Å². The highest BCUT2D eigenvalue weighted by Crippen LogP contribution is 2.16. The summed E-state index contributed by atoms with van der Waals surface area (Å²) in [7, 11) is 0. The van der Waals surface area contributed by atoms with E-state index in [1.54, 1.807) is 18.0 Å². The minimum absolute atomic E-state index is 0.328. The number of rotatable bonds is 6. The van der Waals surface area contributed by atoms with E-state index < -0.39 is 0 Å². The smallest absolute Gasteiger partial charge is 0.122 e. The largest absolute Gasteiger partial charge is 0.361 e. The summed E-state index contributed by atoms with van der Waals surface area (Å²) in [5.41, 5.74) is 2.09. The standard InChI is InChI=1S/C16H17FN2S/c1-2-13(17)8-9-14-10-11-15(19-14)12-18-20-16-6-4-3-5-7-16/h2-9,11,18-19H,1,10,12H2/b13-8+,14-9+. The molecule has 0 amide bonds. The minimum atomic E-state index is -0.328. The van der Waals surface area contributed by atoms with Crippen molar-refractivity contribution in [1.82, 2.24) is 10.0 Å². The first-order valence-corrected chi connectivity index (χ1v) is 7.19. The van der Waals surface area contributed by atoms with Crippen molar-refractivity contribution in [3.05, 3.63) is 78.4 Å². The van der Waals surface area contributed by atoms with Crippen molar-refractivity contribution in [3.8, 4) is 0 Å². The molecule has 0 aliphatic carbocycles. The van der Waals surface area contributed by atoms with E-state index in [-0.39, 0.29) is 5.83 Å². The van der Waals surface area contributed by atoms with Gasteiger partial charge in [-0.05, 0) is 42.3 Å². The maximum Gasteiger partial charge on any atom is 0.122 e. The van der Waals surface area contributed by atoms with E-state index in [9.17, 15) is 4.39 Å². The van der Waals surface area contributed by atoms with Crippen LogP contribution in [0.25, 0.3) is 0 Å². The van der Waals surface area contributed by atoms with Crippen LogP contribution in [0.2, 0.25) is 0 Å². The van der Waals surface area contributed by atoms with E-state index in [0.29, 0.717) is 0 Å². The molecule has 1 aromatic carbocycles. The molecule has 0 spiro atoms. The molecule has 2 nitrogen and oxygen atoms in total. The highest BCUT2D eigenvalue weighted by molar-refractivity contribution is 7.97. The molecule has 1 heterocycles. The molecule has 4 heteroatoms. The van der Waals surface area contributed by atoms with Gasteiger partial charge in [0, 0.05) is 29.3 Å². The van der Waals surface area contributed by atoms with Crippen LogP contribution in [0.15, 0.2) is 83.3 Å². The first-order chi connectivity index (χ1) is 9.78. The van der Waals surface area contributed by atoms with Gasteiger partial charge in [0.2, 0.25) is 0 Å². The molecular weight excluding hydrogens is 271 g/mol. The lowest BCUT2D eigenvalue weighted by Gasteiger charge is -2.07. The van der Waals surface area contributed by atoms with Crippen molar-refractivity contribution in [3.63, 3.8) is 0 Å². The van der Waals surface area contributed by atoms with Crippen molar-refractivity contribution in [2.75, 3.05) is 6.54 Å². The zero-order chi connectivity index (χ0) is 14.2. The maximum atomic E-state index is 12.9. The molecule has 2 rings (SSSR count). The third-order valence-corrected chi connectivity index (χ3v) is 3.52. The molecule has 0 saturated carbocycles. The Balaban J connectivity index is 1.75. The normalized spacial score (nSPS) is 16.9. The van der Waals surface area contributed by atoms with Crippen molar-refractivity contribution in [2.45, 2.75) is 11.3 Å². The molecular formula is C16H17FN2S. The highest BCUT2D eigenvalue weighted by Gasteiger charge is 2.07. The molecule has 1 aromatic rings. The Morgan fingerprint density at radius 3 is 2.95 bits per heavy atom. The summed E-state index contributed by atoms with van der Waals surface area (Å²) < 4.78 is 16.2. The third-order valence-electron chi connectivity index (χ3n) is 2.72. The summed E-state index contributed by atoms with van der Waals surface area (Å²) in [6.45, 7) is 4.11. The van der Waals surface area contributed by atoms with Crippen molar-refractivity contribution >= 4 is 11.9 Å². The Morgan fingerprint density at radius 1 is 1.40 bits per heavy atom. The van der Waals surface area contributed by atoms with E-state index in [1.165, 1.54) is 17.0 Å². The van der Waals surface area contributed by atoms with E-state index in [1.807, 2.05) is 18.2 Å². The predicted molar refractivity (Wildman–Crippen MR) is 83.6 cm³/mol. The Kier molecular flexibility index (Phi) is 5.65. The van der Waals surface area contributed by atoms with Gasteiger partial charge in [-0.3, -0.25) is 4.72 Å². The quantitative estimate of drug-likeness (QED) is 0.609. The Labute approximate surface area is 123 Å². The average molecular weight is 288 g/mol. The molecule has 0 aromatic heterocycles. The molecule has 0 fully saturated rings. The summed E-state index contributed by atoms with van der Waals surface area (Å²) in [5.74, 6) is -0.328. The van der Waals surface area contributed by atoms with E-state index >= 15 is 0 Å². The first kappa shape index (κ1) is 14.6. The Morgan fingerprint density at radius 2 is 2.20 bits per heavy atom. The first-order valence-electron chi connectivity index (χ1n) is 6.37. The third kappa shape index (κ3) is 4.72. The van der Waals surface area contributed by atoms with Crippen LogP contribution < -0.4 is 10.0 Å². The number of halogens is 1. The second-order valence-electron chi connectivity index (χ2n) is 4.24. The van der Waals surface area contributed by atoms with E-state index in [2.05, 4.69) is 34.8 Å². The molecule has 0 saturated heterocycles. The number of hydrogen-bond acceptors (Lipinski definition) is 3. The fraction of sp³-hybridized carbons (Fsp3) is 0.125. The van der Waals surface area contributed by atoms with Gasteiger partial charge in [0.25, 0.3) is 0 Å². The highest BCUT2D eigenvalue weighted by atomic mass is 32.2. The molecule has 1 aliphatic heterocycles. The molecule has 20 heavy (non-hydrogen) atoms. The number of allylic oxidation sites excluding steroid dienone is 5. The van der Waals surface area contributed by atoms with Crippen LogP contribution in [0.4, 0.5) is 4.39 Å². The summed E-state index contributed by atoms with van der Waals surface area (Å²) in [5, 5.41) is 3.26. The maximum absolute atomic E-state index is 12.9. The molecule has 0 unspecified atom stereocenters. The Bertz CT molecular complexity index is 547. The number of nitrogens with one attached hydrogen (secondary N) is 2. The van der Waals surface area contributed by atoms with Crippen LogP contribution in [0.5, 0.6) is 0 Å². The number of hydrogen-bond donors (Lipinski definition) is 2. The molecule has 0 atom stereocenters. The average Bonchev–Trinajstić information content (AvgIpc) is 2.94. The van der Waals surface area contributed by atoms with Gasteiger partial charge in [-0.2, -0.15) is 0 Å². The van der Waals surface area contributed by atoms with Crippen LogP contribution in [-0.2, 0) is 0 Å². The van der Waals surface area contributed by atoms with Crippen LogP contribution in [0, 0.1) is 0 Å². The lowest BCUT2D eigenvalue weighted by molar-refractivity contribution is 0.667. The van der Waals surface area contributed by atoms with Crippen LogP contribution >= 0.6 is 11.9 Å². The van der Waals surface area contributed by atoms with Crippen LogP contribution in [-0.4, -0.2) is 6.54 Å². The lowest BCUT2D eigenvalue weighted by atomic mass is 10.3. The van der Waals surface area contributed by atoms with Gasteiger partial charge in [0.15, 0.2) is 0 Å². The number of benzene rings is 1. The minimum Gasteiger partial charge on any atom is -0.361 e. The molecule has 2 N–H and O–H groups in total.